The van der Waals surface area contributed by atoms with Crippen LogP contribution < -0.4 is 5.32 Å². The molecule has 2 aromatic rings. The van der Waals surface area contributed by atoms with E-state index in [1.165, 1.54) is 36.0 Å². The molecular weight excluding hydrogens is 387 g/mol. The molecule has 1 N–H and O–H groups in total. The number of nitrogens with one attached hydrogen (secondary N) is 1. The number of carbonyl (C=O) groups is 2. The lowest BCUT2D eigenvalue weighted by Gasteiger charge is -2.11. The number of amides is 1. The summed E-state index contributed by atoms with van der Waals surface area (Å²) in [5.74, 6) is -1.31. The molecule has 28 heavy (non-hydrogen) atoms. The molecule has 1 amide bonds. The number of carbonyl (C=O) groups excluding carboxylic acids is 2. The Morgan fingerprint density at radius 2 is 1.82 bits per heavy atom. The Balaban J connectivity index is 1.69. The molecule has 0 unspecified atom stereocenters. The Hall–Kier alpha value is -2.94. The molecule has 0 aliphatic carbocycles. The van der Waals surface area contributed by atoms with Crippen molar-refractivity contribution in [2.45, 2.75) is 23.5 Å². The molecule has 0 saturated heterocycles. The summed E-state index contributed by atoms with van der Waals surface area (Å²) in [4.78, 5) is 34.6. The van der Waals surface area contributed by atoms with E-state index < -0.39 is 28.7 Å². The first-order chi connectivity index (χ1) is 13.3. The van der Waals surface area contributed by atoms with Crippen molar-refractivity contribution >= 4 is 29.3 Å². The van der Waals surface area contributed by atoms with Gasteiger partial charge >= 0.3 is 5.97 Å². The zero-order valence-corrected chi connectivity index (χ0v) is 15.9. The van der Waals surface area contributed by atoms with Gasteiger partial charge in [-0.1, -0.05) is 12.1 Å². The molecule has 0 fully saturated rings. The van der Waals surface area contributed by atoms with Gasteiger partial charge in [0.05, 0.1) is 4.92 Å². The van der Waals surface area contributed by atoms with Gasteiger partial charge in [0.1, 0.15) is 11.1 Å². The summed E-state index contributed by atoms with van der Waals surface area (Å²) >= 11 is 1.18. The Bertz CT molecular complexity index is 827. The zero-order chi connectivity index (χ0) is 20.5. The third-order valence-electron chi connectivity index (χ3n) is 3.69. The summed E-state index contributed by atoms with van der Waals surface area (Å²) < 4.78 is 17.8. The van der Waals surface area contributed by atoms with E-state index in [9.17, 15) is 24.1 Å². The molecule has 0 spiro atoms. The van der Waals surface area contributed by atoms with E-state index in [4.69, 9.17) is 4.74 Å². The van der Waals surface area contributed by atoms with Crippen molar-refractivity contribution in [2.75, 3.05) is 13.2 Å². The van der Waals surface area contributed by atoms with Crippen molar-refractivity contribution in [3.05, 3.63) is 70.0 Å². The largest absolute Gasteiger partial charge is 0.455 e. The van der Waals surface area contributed by atoms with E-state index >= 15 is 0 Å². The van der Waals surface area contributed by atoms with Crippen LogP contribution >= 0.6 is 11.8 Å². The van der Waals surface area contributed by atoms with Crippen LogP contribution in [-0.2, 0) is 20.7 Å². The van der Waals surface area contributed by atoms with E-state index in [2.05, 4.69) is 5.32 Å². The second-order valence-electron chi connectivity index (χ2n) is 5.85. The van der Waals surface area contributed by atoms with Crippen molar-refractivity contribution in [2.24, 2.45) is 0 Å². The number of esters is 1. The highest BCUT2D eigenvalue weighted by Gasteiger charge is 2.18. The van der Waals surface area contributed by atoms with Crippen LogP contribution in [-0.4, -0.2) is 35.2 Å². The number of hydrogen-bond acceptors (Lipinski definition) is 6. The summed E-state index contributed by atoms with van der Waals surface area (Å²) in [6.07, 6.45) is 0.534. The highest BCUT2D eigenvalue weighted by molar-refractivity contribution is 8.00. The summed E-state index contributed by atoms with van der Waals surface area (Å²) in [6, 6.07) is 11.8. The number of nitro groups is 1. The molecule has 0 saturated carbocycles. The van der Waals surface area contributed by atoms with Crippen LogP contribution in [0.5, 0.6) is 0 Å². The van der Waals surface area contributed by atoms with Crippen LogP contribution in [0.4, 0.5) is 10.1 Å². The summed E-state index contributed by atoms with van der Waals surface area (Å²) in [5.41, 5.74) is 0.851. The van der Waals surface area contributed by atoms with Crippen LogP contribution in [0, 0.1) is 15.9 Å². The van der Waals surface area contributed by atoms with Gasteiger partial charge in [0.15, 0.2) is 6.61 Å². The van der Waals surface area contributed by atoms with E-state index in [0.717, 1.165) is 5.56 Å². The highest BCUT2D eigenvalue weighted by atomic mass is 32.2. The standard InChI is InChI=1S/C19H19FN2O5S/c1-13(28-17-8-6-16(7-9-17)22(25)26)19(24)27-12-18(23)21-11-10-14-2-4-15(20)5-3-14/h2-9,13H,10-12H2,1H3,(H,21,23)/t13-/m1/s1. The monoisotopic (exact) mass is 406 g/mol. The molecular formula is C19H19FN2O5S. The molecule has 0 radical (unpaired) electrons. The maximum absolute atomic E-state index is 12.8. The number of ether oxygens (including phenoxy) is 1. The Morgan fingerprint density at radius 3 is 2.43 bits per heavy atom. The number of benzene rings is 2. The van der Waals surface area contributed by atoms with Crippen molar-refractivity contribution in [3.63, 3.8) is 0 Å². The number of rotatable bonds is 9. The van der Waals surface area contributed by atoms with Crippen molar-refractivity contribution < 1.29 is 23.6 Å². The van der Waals surface area contributed by atoms with Crippen molar-refractivity contribution in [3.8, 4) is 0 Å². The van der Waals surface area contributed by atoms with Crippen LogP contribution in [0.3, 0.4) is 0 Å². The van der Waals surface area contributed by atoms with Crippen LogP contribution in [0.1, 0.15) is 12.5 Å². The first-order valence-electron chi connectivity index (χ1n) is 8.44. The Labute approximate surface area is 165 Å². The van der Waals surface area contributed by atoms with Crippen molar-refractivity contribution in [1.82, 2.24) is 5.32 Å². The quantitative estimate of drug-likeness (QED) is 0.297. The number of hydrogen-bond donors (Lipinski definition) is 1. The normalized spacial score (nSPS) is 11.5. The van der Waals surface area contributed by atoms with Gasteiger partial charge in [0, 0.05) is 23.6 Å². The van der Waals surface area contributed by atoms with Gasteiger partial charge in [-0.3, -0.25) is 19.7 Å². The molecule has 0 bridgehead atoms. The zero-order valence-electron chi connectivity index (χ0n) is 15.1. The lowest BCUT2D eigenvalue weighted by molar-refractivity contribution is -0.384. The molecule has 2 aromatic carbocycles. The van der Waals surface area contributed by atoms with Crippen LogP contribution in [0.25, 0.3) is 0 Å². The lowest BCUT2D eigenvalue weighted by atomic mass is 10.1. The fourth-order valence-corrected chi connectivity index (χ4v) is 3.07. The van der Waals surface area contributed by atoms with Gasteiger partial charge in [-0.15, -0.1) is 11.8 Å². The smallest absolute Gasteiger partial charge is 0.319 e. The minimum Gasteiger partial charge on any atom is -0.455 e. The summed E-state index contributed by atoms with van der Waals surface area (Å²) in [6.45, 7) is 1.57. The minimum absolute atomic E-state index is 0.0307. The van der Waals surface area contributed by atoms with Crippen LogP contribution in [0.15, 0.2) is 53.4 Å². The first kappa shape index (κ1) is 21.4. The van der Waals surface area contributed by atoms with E-state index in [-0.39, 0.29) is 11.5 Å². The number of nitro benzene ring substituents is 1. The maximum atomic E-state index is 12.8. The summed E-state index contributed by atoms with van der Waals surface area (Å²) in [7, 11) is 0. The van der Waals surface area contributed by atoms with Gasteiger partial charge in [-0.25, -0.2) is 4.39 Å². The van der Waals surface area contributed by atoms with Gasteiger partial charge in [-0.2, -0.15) is 0 Å². The van der Waals surface area contributed by atoms with E-state index in [0.29, 0.717) is 17.9 Å². The molecule has 2 rings (SSSR count). The van der Waals surface area contributed by atoms with Gasteiger partial charge < -0.3 is 10.1 Å². The highest BCUT2D eigenvalue weighted by Crippen LogP contribution is 2.25. The predicted molar refractivity (Wildman–Crippen MR) is 102 cm³/mol. The first-order valence-corrected chi connectivity index (χ1v) is 9.32. The van der Waals surface area contributed by atoms with Crippen molar-refractivity contribution in [1.29, 1.82) is 0 Å². The third-order valence-corrected chi connectivity index (χ3v) is 4.78. The van der Waals surface area contributed by atoms with Gasteiger partial charge in [0.25, 0.3) is 11.6 Å². The molecule has 0 aliphatic rings. The fourth-order valence-electron chi connectivity index (χ4n) is 2.20. The third kappa shape index (κ3) is 6.99. The van der Waals surface area contributed by atoms with Crippen LogP contribution in [0.2, 0.25) is 0 Å². The van der Waals surface area contributed by atoms with Gasteiger partial charge in [0.2, 0.25) is 0 Å². The summed E-state index contributed by atoms with van der Waals surface area (Å²) in [5, 5.41) is 12.7. The van der Waals surface area contributed by atoms with E-state index in [1.54, 1.807) is 31.2 Å². The van der Waals surface area contributed by atoms with Gasteiger partial charge in [-0.05, 0) is 43.2 Å². The average Bonchev–Trinajstić information content (AvgIpc) is 2.68. The molecule has 0 aliphatic heterocycles. The molecule has 148 valence electrons. The lowest BCUT2D eigenvalue weighted by Crippen LogP contribution is -2.31. The fraction of sp³-hybridized carbons (Fsp3) is 0.263. The molecule has 1 atom stereocenters. The number of nitrogens with zero attached hydrogens (tertiary/aromatic N) is 1. The number of non-ortho nitro benzene ring substituents is 1. The predicted octanol–water partition coefficient (Wildman–Crippen LogP) is 3.12. The molecule has 7 nitrogen and oxygen atoms in total. The SMILES string of the molecule is C[C@@H](Sc1ccc([N+](=O)[O-])cc1)C(=O)OCC(=O)NCCc1ccc(F)cc1. The number of thioether (sulfide) groups is 1. The maximum Gasteiger partial charge on any atom is 0.319 e. The average molecular weight is 406 g/mol. The topological polar surface area (TPSA) is 98.5 Å². The molecule has 9 heteroatoms. The Morgan fingerprint density at radius 1 is 1.18 bits per heavy atom. The van der Waals surface area contributed by atoms with E-state index in [1.807, 2.05) is 0 Å². The second-order valence-corrected chi connectivity index (χ2v) is 7.26. The number of halogens is 1. The minimum atomic E-state index is -0.575. The molecule has 0 aromatic heterocycles. The second kappa shape index (κ2) is 10.4. The molecule has 0 heterocycles. The Kier molecular flexibility index (Phi) is 7.94.